The van der Waals surface area contributed by atoms with Gasteiger partial charge in [0.15, 0.2) is 5.69 Å². The highest BCUT2D eigenvalue weighted by atomic mass is 35.5. The largest absolute Gasteiger partial charge is 0.489 e. The Morgan fingerprint density at radius 3 is 2.80 bits per heavy atom. The smallest absolute Gasteiger partial charge is 0.354 e. The molecule has 0 amide bonds. The first-order valence-electron chi connectivity index (χ1n) is 6.15. The Balaban J connectivity index is 1.96. The number of halogens is 1. The molecule has 0 unspecified atom stereocenters. The summed E-state index contributed by atoms with van der Waals surface area (Å²) in [6.07, 6.45) is 3.55. The van der Waals surface area contributed by atoms with Crippen molar-refractivity contribution in [3.8, 4) is 17.0 Å². The molecule has 1 fully saturated rings. The van der Waals surface area contributed by atoms with Gasteiger partial charge in [-0.05, 0) is 31.0 Å². The van der Waals surface area contributed by atoms with Crippen LogP contribution in [-0.4, -0.2) is 27.1 Å². The molecule has 3 rings (SSSR count). The van der Waals surface area contributed by atoms with E-state index in [0.29, 0.717) is 16.5 Å². The van der Waals surface area contributed by atoms with E-state index in [1.807, 2.05) is 0 Å². The molecule has 1 saturated carbocycles. The number of ether oxygens (including phenoxy) is 1. The first-order chi connectivity index (χ1) is 9.63. The molecule has 20 heavy (non-hydrogen) atoms. The van der Waals surface area contributed by atoms with Crippen molar-refractivity contribution in [3.05, 3.63) is 41.3 Å². The van der Waals surface area contributed by atoms with Crippen LogP contribution in [0.4, 0.5) is 0 Å². The summed E-state index contributed by atoms with van der Waals surface area (Å²) in [7, 11) is 0. The van der Waals surface area contributed by atoms with Crippen molar-refractivity contribution in [2.24, 2.45) is 0 Å². The topological polar surface area (TPSA) is 72.3 Å². The fourth-order valence-corrected chi connectivity index (χ4v) is 1.91. The van der Waals surface area contributed by atoms with Crippen LogP contribution in [-0.2, 0) is 0 Å². The van der Waals surface area contributed by atoms with Crippen LogP contribution in [0.3, 0.4) is 0 Å². The molecule has 5 nitrogen and oxygen atoms in total. The fourth-order valence-electron chi connectivity index (χ4n) is 1.75. The summed E-state index contributed by atoms with van der Waals surface area (Å²) in [6, 6.07) is 6.69. The van der Waals surface area contributed by atoms with Crippen LogP contribution < -0.4 is 4.74 Å². The summed E-state index contributed by atoms with van der Waals surface area (Å²) < 4.78 is 5.70. The third kappa shape index (κ3) is 2.72. The van der Waals surface area contributed by atoms with Crippen molar-refractivity contribution in [1.29, 1.82) is 0 Å². The van der Waals surface area contributed by atoms with Gasteiger partial charge >= 0.3 is 5.97 Å². The summed E-state index contributed by atoms with van der Waals surface area (Å²) in [4.78, 5) is 18.7. The molecular weight excluding hydrogens is 280 g/mol. The summed E-state index contributed by atoms with van der Waals surface area (Å²) in [5.74, 6) is -0.487. The van der Waals surface area contributed by atoms with Gasteiger partial charge in [0, 0.05) is 5.56 Å². The maximum Gasteiger partial charge on any atom is 0.354 e. The van der Waals surface area contributed by atoms with Crippen LogP contribution in [0.5, 0.6) is 5.75 Å². The van der Waals surface area contributed by atoms with E-state index in [-0.39, 0.29) is 11.8 Å². The number of carboxylic acids is 1. The number of aromatic carboxylic acids is 1. The van der Waals surface area contributed by atoms with E-state index in [2.05, 4.69) is 9.97 Å². The molecule has 1 aliphatic carbocycles. The quantitative estimate of drug-likeness (QED) is 0.937. The lowest BCUT2D eigenvalue weighted by Crippen LogP contribution is -2.01. The predicted molar refractivity (Wildman–Crippen MR) is 73.1 cm³/mol. The second kappa shape index (κ2) is 5.09. The van der Waals surface area contributed by atoms with Gasteiger partial charge < -0.3 is 9.84 Å². The molecule has 102 valence electrons. The van der Waals surface area contributed by atoms with Gasteiger partial charge in [-0.15, -0.1) is 0 Å². The Bertz CT molecular complexity index is 671. The zero-order chi connectivity index (χ0) is 14.1. The Labute approximate surface area is 120 Å². The van der Waals surface area contributed by atoms with Crippen LogP contribution in [0.15, 0.2) is 30.6 Å². The molecule has 0 spiro atoms. The van der Waals surface area contributed by atoms with Crippen LogP contribution in [0.1, 0.15) is 23.3 Å². The van der Waals surface area contributed by atoms with E-state index in [9.17, 15) is 4.79 Å². The molecule has 0 bridgehead atoms. The minimum Gasteiger partial charge on any atom is -0.489 e. The van der Waals surface area contributed by atoms with Gasteiger partial charge in [-0.1, -0.05) is 17.7 Å². The molecule has 2 aromatic rings. The number of nitrogens with zero attached hydrogens (tertiary/aromatic N) is 2. The minimum absolute atomic E-state index is 0.0467. The second-order valence-electron chi connectivity index (χ2n) is 4.56. The Kier molecular flexibility index (Phi) is 3.28. The Morgan fingerprint density at radius 1 is 1.30 bits per heavy atom. The summed E-state index contributed by atoms with van der Waals surface area (Å²) in [5, 5.41) is 9.48. The molecule has 0 aliphatic heterocycles. The maximum absolute atomic E-state index is 10.9. The Morgan fingerprint density at radius 2 is 2.10 bits per heavy atom. The van der Waals surface area contributed by atoms with Crippen molar-refractivity contribution in [1.82, 2.24) is 9.97 Å². The average Bonchev–Trinajstić information content (AvgIpc) is 3.25. The average molecular weight is 291 g/mol. The third-order valence-corrected chi connectivity index (χ3v) is 3.24. The van der Waals surface area contributed by atoms with Crippen molar-refractivity contribution in [2.45, 2.75) is 18.9 Å². The van der Waals surface area contributed by atoms with Crippen LogP contribution in [0.25, 0.3) is 11.3 Å². The van der Waals surface area contributed by atoms with Gasteiger partial charge in [0.2, 0.25) is 0 Å². The van der Waals surface area contributed by atoms with Crippen molar-refractivity contribution >= 4 is 17.6 Å². The first-order valence-corrected chi connectivity index (χ1v) is 6.53. The van der Waals surface area contributed by atoms with E-state index in [0.717, 1.165) is 18.4 Å². The summed E-state index contributed by atoms with van der Waals surface area (Å²) >= 11 is 6.09. The molecule has 1 N–H and O–H groups in total. The number of carboxylic acid groups (broad SMARTS) is 1. The van der Waals surface area contributed by atoms with E-state index in [1.54, 1.807) is 18.2 Å². The van der Waals surface area contributed by atoms with Gasteiger partial charge in [-0.2, -0.15) is 0 Å². The van der Waals surface area contributed by atoms with E-state index in [4.69, 9.17) is 21.4 Å². The van der Waals surface area contributed by atoms with Gasteiger partial charge in [0.1, 0.15) is 12.1 Å². The highest BCUT2D eigenvalue weighted by molar-refractivity contribution is 6.32. The molecule has 1 heterocycles. The first kappa shape index (κ1) is 12.9. The molecule has 0 atom stereocenters. The lowest BCUT2D eigenvalue weighted by Gasteiger charge is -2.09. The molecule has 1 aromatic heterocycles. The SMILES string of the molecule is O=C(O)c1cc(-c2ccc(Cl)c(OC3CC3)c2)ncn1. The monoisotopic (exact) mass is 290 g/mol. The molecule has 6 heteroatoms. The van der Waals surface area contributed by atoms with E-state index >= 15 is 0 Å². The summed E-state index contributed by atoms with van der Waals surface area (Å²) in [5.41, 5.74) is 1.22. The number of benzene rings is 1. The standard InChI is InChI=1S/C14H11ClN2O3/c15-10-4-1-8(5-13(10)20-9-2-3-9)11-6-12(14(18)19)17-7-16-11/h1,4-7,9H,2-3H2,(H,18,19). The Hall–Kier alpha value is -2.14. The van der Waals surface area contributed by atoms with Crippen LogP contribution in [0.2, 0.25) is 5.02 Å². The lowest BCUT2D eigenvalue weighted by atomic mass is 10.1. The van der Waals surface area contributed by atoms with Gasteiger partial charge in [0.05, 0.1) is 16.8 Å². The van der Waals surface area contributed by atoms with Crippen LogP contribution in [0, 0.1) is 0 Å². The molecule has 0 saturated heterocycles. The molecular formula is C14H11ClN2O3. The number of aromatic nitrogens is 2. The highest BCUT2D eigenvalue weighted by Crippen LogP contribution is 2.34. The molecule has 0 radical (unpaired) electrons. The van der Waals surface area contributed by atoms with Crippen molar-refractivity contribution in [2.75, 3.05) is 0 Å². The second-order valence-corrected chi connectivity index (χ2v) is 4.96. The zero-order valence-corrected chi connectivity index (χ0v) is 11.2. The van der Waals surface area contributed by atoms with Gasteiger partial charge in [0.25, 0.3) is 0 Å². The van der Waals surface area contributed by atoms with Gasteiger partial charge in [-0.25, -0.2) is 14.8 Å². The number of rotatable bonds is 4. The number of hydrogen-bond donors (Lipinski definition) is 1. The lowest BCUT2D eigenvalue weighted by molar-refractivity contribution is 0.0690. The fraction of sp³-hybridized carbons (Fsp3) is 0.214. The highest BCUT2D eigenvalue weighted by Gasteiger charge is 2.24. The van der Waals surface area contributed by atoms with E-state index < -0.39 is 5.97 Å². The van der Waals surface area contributed by atoms with E-state index in [1.165, 1.54) is 12.4 Å². The number of carbonyl (C=O) groups is 1. The normalized spacial score (nSPS) is 14.1. The van der Waals surface area contributed by atoms with Gasteiger partial charge in [-0.3, -0.25) is 0 Å². The predicted octanol–water partition coefficient (Wildman–Crippen LogP) is 3.04. The maximum atomic E-state index is 10.9. The number of hydrogen-bond acceptors (Lipinski definition) is 4. The van der Waals surface area contributed by atoms with Crippen molar-refractivity contribution < 1.29 is 14.6 Å². The molecule has 1 aliphatic rings. The van der Waals surface area contributed by atoms with Crippen molar-refractivity contribution in [3.63, 3.8) is 0 Å². The zero-order valence-electron chi connectivity index (χ0n) is 10.4. The van der Waals surface area contributed by atoms with Crippen LogP contribution >= 0.6 is 11.6 Å². The minimum atomic E-state index is -1.09. The third-order valence-electron chi connectivity index (χ3n) is 2.93. The summed E-state index contributed by atoms with van der Waals surface area (Å²) in [6.45, 7) is 0. The molecule has 1 aromatic carbocycles.